The minimum atomic E-state index is -2.11. The van der Waals surface area contributed by atoms with E-state index in [0.717, 1.165) is 5.57 Å². The zero-order valence-corrected chi connectivity index (χ0v) is 45.4. The summed E-state index contributed by atoms with van der Waals surface area (Å²) in [5, 5.41) is 132. The molecule has 23 nitrogen and oxygen atoms in total. The second-order valence-corrected chi connectivity index (χ2v) is 25.1. The first kappa shape index (κ1) is 60.3. The van der Waals surface area contributed by atoms with Crippen molar-refractivity contribution in [2.45, 2.75) is 218 Å². The molecule has 7 fully saturated rings. The average Bonchev–Trinajstić information content (AvgIpc) is 3.56. The molecular weight excluding hydrogens is 1020 g/mol. The number of rotatable bonds is 13. The van der Waals surface area contributed by atoms with E-state index in [1.165, 1.54) is 6.92 Å². The van der Waals surface area contributed by atoms with Crippen LogP contribution in [0.4, 0.5) is 0 Å². The summed E-state index contributed by atoms with van der Waals surface area (Å²) in [6.07, 6.45) is -23.5. The summed E-state index contributed by atoms with van der Waals surface area (Å²) in [7, 11) is 0. The summed E-state index contributed by atoms with van der Waals surface area (Å²) in [4.78, 5) is 39.4. The third-order valence-corrected chi connectivity index (χ3v) is 20.7. The molecule has 5 aliphatic carbocycles. The highest BCUT2D eigenvalue weighted by atomic mass is 16.8. The van der Waals surface area contributed by atoms with Gasteiger partial charge in [-0.1, -0.05) is 59.3 Å². The first-order valence-electron chi connectivity index (χ1n) is 27.1. The van der Waals surface area contributed by atoms with E-state index in [2.05, 4.69) is 26.8 Å². The molecular formula is C54H84O23. The monoisotopic (exact) mass is 1100 g/mol. The summed E-state index contributed by atoms with van der Waals surface area (Å²) in [6.45, 7) is 14.6. The van der Waals surface area contributed by atoms with E-state index in [0.29, 0.717) is 37.7 Å². The summed E-state index contributed by atoms with van der Waals surface area (Å²) in [5.41, 5.74) is -3.63. The van der Waals surface area contributed by atoms with Crippen LogP contribution in [0.3, 0.4) is 0 Å². The van der Waals surface area contributed by atoms with Gasteiger partial charge in [-0.25, -0.2) is 9.59 Å². The molecule has 26 atom stereocenters. The van der Waals surface area contributed by atoms with E-state index >= 15 is 0 Å². The number of hydrogen-bond acceptors (Lipinski definition) is 22. The molecule has 0 radical (unpaired) electrons. The molecule has 23 heteroatoms. The number of aliphatic hydroxyl groups excluding tert-OH is 11. The maximum atomic E-state index is 13.4. The Kier molecular flexibility index (Phi) is 17.1. The van der Waals surface area contributed by atoms with Gasteiger partial charge in [0.05, 0.1) is 44.1 Å². The van der Waals surface area contributed by atoms with Gasteiger partial charge in [-0.3, -0.25) is 4.79 Å². The van der Waals surface area contributed by atoms with Crippen LogP contribution in [0.5, 0.6) is 0 Å². The number of allylic oxidation sites excluding steroid dienone is 3. The van der Waals surface area contributed by atoms with Gasteiger partial charge < -0.3 is 99.2 Å². The number of hydrogen-bond donors (Lipinski definition) is 12. The number of carbonyl (C=O) groups is 3. The highest BCUT2D eigenvalue weighted by Crippen LogP contribution is 2.76. The van der Waals surface area contributed by atoms with Crippen molar-refractivity contribution in [3.8, 4) is 0 Å². The van der Waals surface area contributed by atoms with Crippen LogP contribution in [0.15, 0.2) is 23.3 Å². The van der Waals surface area contributed by atoms with Crippen molar-refractivity contribution in [2.24, 2.45) is 50.2 Å². The van der Waals surface area contributed by atoms with Crippen molar-refractivity contribution in [3.63, 3.8) is 0 Å². The molecule has 0 aromatic carbocycles. The molecule has 0 spiro atoms. The van der Waals surface area contributed by atoms with Gasteiger partial charge in [0.25, 0.3) is 0 Å². The Morgan fingerprint density at radius 2 is 1.38 bits per heavy atom. The number of ether oxygens (including phenoxy) is 8. The van der Waals surface area contributed by atoms with Gasteiger partial charge in [-0.05, 0) is 92.8 Å². The number of carboxylic acid groups (broad SMARTS) is 1. The van der Waals surface area contributed by atoms with E-state index in [9.17, 15) is 75.7 Å². The Morgan fingerprint density at radius 3 is 1.99 bits per heavy atom. The van der Waals surface area contributed by atoms with Crippen molar-refractivity contribution in [3.05, 3.63) is 23.3 Å². The van der Waals surface area contributed by atoms with Crippen molar-refractivity contribution < 1.29 is 114 Å². The third-order valence-electron chi connectivity index (χ3n) is 20.7. The van der Waals surface area contributed by atoms with Crippen LogP contribution in [0, 0.1) is 50.2 Å². The molecule has 0 bridgehead atoms. The zero-order valence-electron chi connectivity index (χ0n) is 45.4. The predicted octanol–water partition coefficient (Wildman–Crippen LogP) is -0.682. The number of esters is 2. The van der Waals surface area contributed by atoms with Crippen LogP contribution < -0.4 is 0 Å². The molecule has 12 N–H and O–H groups in total. The minimum absolute atomic E-state index is 0.0613. The Hall–Kier alpha value is -2.79. The summed E-state index contributed by atoms with van der Waals surface area (Å²) >= 11 is 0. The standard InChI is InChI=1S/C54H84O23/c1-10-23(2)45(69)77-42-43(71-24(3)58)54(22-57)26(17-49(42,4)5)25-11-12-30-50(6)15-14-32(51(7,21-56)29(50)13-16-52(30,8)53(25,9)18-31(54)60)73-48-40(75-46-36(64)33(61)27(59)20-70-46)38(66)39(41(76-48)44(67)68)74-47-37(65)35(63)34(62)28(19-55)72-47/h10-11,26-43,46-48,55-57,59-66H,12-22H2,1-9H3,(H,67,68)/b23-10+. The van der Waals surface area contributed by atoms with Crippen molar-refractivity contribution in [1.29, 1.82) is 0 Å². The van der Waals surface area contributed by atoms with Gasteiger partial charge in [0.15, 0.2) is 25.0 Å². The molecule has 3 heterocycles. The van der Waals surface area contributed by atoms with E-state index in [1.807, 2.05) is 20.8 Å². The third kappa shape index (κ3) is 9.64. The summed E-state index contributed by atoms with van der Waals surface area (Å²) < 4.78 is 48.0. The molecule has 0 aromatic heterocycles. The van der Waals surface area contributed by atoms with Crippen molar-refractivity contribution >= 4 is 17.9 Å². The molecule has 0 amide bonds. The summed E-state index contributed by atoms with van der Waals surface area (Å²) in [6, 6.07) is 0. The fourth-order valence-electron chi connectivity index (χ4n) is 16.0. The van der Waals surface area contributed by atoms with Gasteiger partial charge in [0.2, 0.25) is 0 Å². The smallest absolute Gasteiger partial charge is 0.335 e. The van der Waals surface area contributed by atoms with E-state index in [-0.39, 0.29) is 24.7 Å². The Morgan fingerprint density at radius 1 is 0.714 bits per heavy atom. The lowest BCUT2D eigenvalue weighted by atomic mass is 9.33. The van der Waals surface area contributed by atoms with Crippen LogP contribution in [-0.4, -0.2) is 216 Å². The highest BCUT2D eigenvalue weighted by molar-refractivity contribution is 5.87. The highest BCUT2D eigenvalue weighted by Gasteiger charge is 2.74. The van der Waals surface area contributed by atoms with Crippen LogP contribution in [-0.2, 0) is 52.3 Å². The van der Waals surface area contributed by atoms with Crippen LogP contribution in [0.25, 0.3) is 0 Å². The van der Waals surface area contributed by atoms with Gasteiger partial charge in [0, 0.05) is 23.3 Å². The maximum absolute atomic E-state index is 13.4. The van der Waals surface area contributed by atoms with E-state index < -0.39 is 193 Å². The van der Waals surface area contributed by atoms with Gasteiger partial charge >= 0.3 is 17.9 Å². The lowest BCUT2D eigenvalue weighted by molar-refractivity contribution is -0.387. The number of aliphatic hydroxyl groups is 11. The molecule has 3 aliphatic heterocycles. The SMILES string of the molecule is C/C=C(\C)C(=O)OC1C(OC(C)=O)C2(CO)C(O)CC3(C)C(=CCC4C5(C)CCC(OC6OC(C(=O)O)C(OC7OC(CO)C(O)C(O)C7O)C(O)C6OC6OCC(O)C(O)C6O)C(C)(CO)C5CCC43C)C2CC1(C)C. The number of carbonyl (C=O) groups excluding carboxylic acids is 2. The van der Waals surface area contributed by atoms with Gasteiger partial charge in [-0.15, -0.1) is 0 Å². The first-order valence-corrected chi connectivity index (χ1v) is 27.1. The quantitative estimate of drug-likeness (QED) is 0.0470. The number of fused-ring (bicyclic) bond motifs is 7. The normalized spacial score (nSPS) is 50.7. The molecule has 438 valence electrons. The van der Waals surface area contributed by atoms with Crippen LogP contribution in [0.2, 0.25) is 0 Å². The Labute approximate surface area is 448 Å². The van der Waals surface area contributed by atoms with Crippen LogP contribution in [0.1, 0.15) is 107 Å². The lowest BCUT2D eigenvalue weighted by Gasteiger charge is -2.72. The average molecular weight is 1100 g/mol. The van der Waals surface area contributed by atoms with E-state index in [4.69, 9.17) is 37.9 Å². The molecule has 0 aromatic rings. The molecule has 3 saturated heterocycles. The Balaban J connectivity index is 1.11. The van der Waals surface area contributed by atoms with Crippen molar-refractivity contribution in [1.82, 2.24) is 0 Å². The van der Waals surface area contributed by atoms with Gasteiger partial charge in [-0.2, -0.15) is 0 Å². The van der Waals surface area contributed by atoms with Crippen molar-refractivity contribution in [2.75, 3.05) is 26.4 Å². The topological polar surface area (TPSA) is 368 Å². The Bertz CT molecular complexity index is 2240. The number of aliphatic carboxylic acids is 1. The minimum Gasteiger partial charge on any atom is -0.479 e. The molecule has 8 aliphatic rings. The lowest BCUT2D eigenvalue weighted by Crippen LogP contribution is -2.72. The second kappa shape index (κ2) is 21.8. The molecule has 26 unspecified atom stereocenters. The summed E-state index contributed by atoms with van der Waals surface area (Å²) in [5.74, 6) is -3.76. The molecule has 4 saturated carbocycles. The fraction of sp³-hybridized carbons (Fsp3) is 0.870. The largest absolute Gasteiger partial charge is 0.479 e. The molecule has 77 heavy (non-hydrogen) atoms. The van der Waals surface area contributed by atoms with Crippen LogP contribution >= 0.6 is 0 Å². The maximum Gasteiger partial charge on any atom is 0.335 e. The zero-order chi connectivity index (χ0) is 56.9. The fourth-order valence-corrected chi connectivity index (χ4v) is 16.0. The predicted molar refractivity (Wildman–Crippen MR) is 263 cm³/mol. The van der Waals surface area contributed by atoms with E-state index in [1.54, 1.807) is 19.9 Å². The van der Waals surface area contributed by atoms with Gasteiger partial charge in [0.1, 0.15) is 73.2 Å². The number of carboxylic acids is 1. The second-order valence-electron chi connectivity index (χ2n) is 25.1. The molecule has 8 rings (SSSR count). The first-order chi connectivity index (χ1) is 36.0.